The summed E-state index contributed by atoms with van der Waals surface area (Å²) in [6, 6.07) is 65.3. The van der Waals surface area contributed by atoms with Crippen LogP contribution in [0.15, 0.2) is 182 Å². The zero-order valence-electron chi connectivity index (χ0n) is 35.1. The van der Waals surface area contributed by atoms with Crippen molar-refractivity contribution < 1.29 is 77.2 Å². The van der Waals surface area contributed by atoms with Gasteiger partial charge in [0.25, 0.3) is 0 Å². The Labute approximate surface area is 411 Å². The van der Waals surface area contributed by atoms with Crippen molar-refractivity contribution in [1.82, 2.24) is 0 Å². The van der Waals surface area contributed by atoms with Crippen molar-refractivity contribution in [2.24, 2.45) is 0 Å². The van der Waals surface area contributed by atoms with Crippen molar-refractivity contribution in [3.05, 3.63) is 215 Å². The van der Waals surface area contributed by atoms with Crippen LogP contribution in [-0.2, 0) is 52.4 Å². The zero-order chi connectivity index (χ0) is 39.0. The maximum Gasteiger partial charge on any atom is 2.00 e. The van der Waals surface area contributed by atoms with E-state index in [1.165, 1.54) is 97.7 Å². The number of fused-ring (bicyclic) bond motifs is 4. The van der Waals surface area contributed by atoms with Gasteiger partial charge in [0.15, 0.2) is 0 Å². The molecule has 0 N–H and O–H groups in total. The number of rotatable bonds is 4. The van der Waals surface area contributed by atoms with Gasteiger partial charge >= 0.3 is 52.4 Å². The van der Waals surface area contributed by atoms with Crippen LogP contribution < -0.4 is 46.0 Å². The van der Waals surface area contributed by atoms with Gasteiger partial charge in [-0.3, -0.25) is 0 Å². The Bertz CT molecular complexity index is 2520. The van der Waals surface area contributed by atoms with Gasteiger partial charge in [0.1, 0.15) is 0 Å². The fraction of sp³-hybridized carbons (Fsp3) is 0.111. The molecule has 0 fully saturated rings. The molecule has 0 aliphatic rings. The number of aryl methyl sites for hydroxylation is 6. The zero-order valence-corrected chi connectivity index (χ0v) is 43.5. The van der Waals surface area contributed by atoms with Crippen molar-refractivity contribution >= 4 is 81.5 Å². The predicted molar refractivity (Wildman–Crippen MR) is 255 cm³/mol. The van der Waals surface area contributed by atoms with E-state index in [4.69, 9.17) is 0 Å². The Morgan fingerprint density at radius 2 is 0.717 bits per heavy atom. The van der Waals surface area contributed by atoms with E-state index in [0.29, 0.717) is 0 Å². The first-order chi connectivity index (χ1) is 27.2. The molecule has 2 unspecified atom stereocenters. The van der Waals surface area contributed by atoms with Gasteiger partial charge in [0.05, 0.1) is 0 Å². The molecule has 0 heterocycles. The molecule has 0 radical (unpaired) electrons. The molecule has 0 aliphatic heterocycles. The van der Waals surface area contributed by atoms with Crippen LogP contribution in [0.3, 0.4) is 0 Å². The largest absolute Gasteiger partial charge is 2.00 e. The van der Waals surface area contributed by atoms with Crippen molar-refractivity contribution in [2.75, 3.05) is 0 Å². The Hall–Kier alpha value is -3.03. The van der Waals surface area contributed by atoms with Gasteiger partial charge in [-0.05, 0) is 49.4 Å². The van der Waals surface area contributed by atoms with E-state index >= 15 is 0 Å². The van der Waals surface area contributed by atoms with Gasteiger partial charge in [-0.2, -0.15) is 36.4 Å². The second-order valence-electron chi connectivity index (χ2n) is 14.7. The topological polar surface area (TPSA) is 0 Å². The first-order valence-electron chi connectivity index (χ1n) is 19.4. The molecular weight excluding hydrogens is 964 g/mol. The first-order valence-corrected chi connectivity index (χ1v) is 21.4. The molecule has 300 valence electrons. The molecule has 10 aromatic carbocycles. The summed E-state index contributed by atoms with van der Waals surface area (Å²) in [5.74, 6) is 0. The Kier molecular flexibility index (Phi) is 21.0. The third-order valence-electron chi connectivity index (χ3n) is 10.6. The van der Waals surface area contributed by atoms with Gasteiger partial charge in [-0.15, -0.1) is 138 Å². The molecule has 0 bridgehead atoms. The summed E-state index contributed by atoms with van der Waals surface area (Å²) < 4.78 is 0. The van der Waals surface area contributed by atoms with E-state index in [1.807, 2.05) is 0 Å². The van der Waals surface area contributed by atoms with Gasteiger partial charge < -0.3 is 24.8 Å². The average Bonchev–Trinajstić information content (AvgIpc) is 4.04. The molecule has 0 saturated carbocycles. The van der Waals surface area contributed by atoms with E-state index in [0.717, 1.165) is 17.2 Å². The first kappa shape index (κ1) is 51.3. The van der Waals surface area contributed by atoms with Crippen LogP contribution in [0.5, 0.6) is 0 Å². The summed E-state index contributed by atoms with van der Waals surface area (Å²) >= 11 is 0. The van der Waals surface area contributed by atoms with Crippen molar-refractivity contribution in [3.8, 4) is 0 Å². The molecule has 60 heavy (non-hydrogen) atoms. The molecule has 0 nitrogen and oxygen atoms in total. The minimum Gasteiger partial charge on any atom is -1.00 e. The molecule has 10 rings (SSSR count). The van der Waals surface area contributed by atoms with Gasteiger partial charge in [-0.1, -0.05) is 115 Å². The maximum absolute atomic E-state index is 2.31. The number of halogens is 2. The quantitative estimate of drug-likeness (QED) is 0.128. The number of hydrogen-bond acceptors (Lipinski definition) is 0. The number of hydrogen-bond donors (Lipinski definition) is 0. The van der Waals surface area contributed by atoms with E-state index in [9.17, 15) is 0 Å². The minimum atomic E-state index is 0. The molecule has 0 saturated heterocycles. The predicted octanol–water partition coefficient (Wildman–Crippen LogP) is 7.35. The van der Waals surface area contributed by atoms with Crippen LogP contribution in [0.25, 0.3) is 43.1 Å². The van der Waals surface area contributed by atoms with Gasteiger partial charge in [0.2, 0.25) is 0 Å². The maximum atomic E-state index is 2.31. The van der Waals surface area contributed by atoms with E-state index in [2.05, 4.69) is 224 Å². The minimum absolute atomic E-state index is 0. The monoisotopic (exact) mass is 1010 g/mol. The van der Waals surface area contributed by atoms with Crippen LogP contribution in [0, 0.1) is 41.5 Å². The van der Waals surface area contributed by atoms with Gasteiger partial charge in [0, 0.05) is 0 Å². The normalized spacial score (nSPS) is 10.5. The second kappa shape index (κ2) is 24.6. The summed E-state index contributed by atoms with van der Waals surface area (Å²) in [5, 5.41) is 16.7. The Morgan fingerprint density at radius 3 is 1.08 bits per heavy atom. The van der Waals surface area contributed by atoms with Crippen LogP contribution >= 0.6 is 17.2 Å². The Morgan fingerprint density at radius 1 is 0.367 bits per heavy atom. The van der Waals surface area contributed by atoms with Gasteiger partial charge in [-0.25, -0.2) is 0 Å². The van der Waals surface area contributed by atoms with Crippen molar-refractivity contribution in [3.63, 3.8) is 0 Å². The fourth-order valence-corrected chi connectivity index (χ4v) is 9.71. The fourth-order valence-electron chi connectivity index (χ4n) is 7.26. The van der Waals surface area contributed by atoms with Crippen LogP contribution in [-0.4, -0.2) is 0 Å². The van der Waals surface area contributed by atoms with Crippen LogP contribution in [0.2, 0.25) is 0 Å². The van der Waals surface area contributed by atoms with Crippen molar-refractivity contribution in [1.29, 1.82) is 0 Å². The summed E-state index contributed by atoms with van der Waals surface area (Å²) in [5.41, 5.74) is 8.25. The summed E-state index contributed by atoms with van der Waals surface area (Å²) in [7, 11) is 1.52. The molecule has 0 aromatic heterocycles. The van der Waals surface area contributed by atoms with Crippen LogP contribution in [0.4, 0.5) is 0 Å². The average molecular weight is 1010 g/mol. The molecule has 0 aliphatic carbocycles. The van der Waals surface area contributed by atoms with E-state index in [1.54, 1.807) is 0 Å². The van der Waals surface area contributed by atoms with Crippen molar-refractivity contribution in [2.45, 2.75) is 41.5 Å². The molecule has 0 spiro atoms. The summed E-state index contributed by atoms with van der Waals surface area (Å²) in [6.07, 6.45) is 0. The number of benzene rings is 6. The van der Waals surface area contributed by atoms with E-state index < -0.39 is 0 Å². The Balaban J connectivity index is 0.000000213. The standard InChI is InChI=1S/2C16H14P.2C11H11.2ClH.2Zr/c2*1-12-6-2-5-9-16(12)17-15-10-13-7-3-4-8-14(13)11-15;2*1-8-6-7-9(2)11-5-3-4-10(8)11;;;;/h2*2-11,17H,1H3;2*3-7H,1-2H3;2*1H;;/q4*-1;;;2*+2/p-2. The molecule has 2 atom stereocenters. The third-order valence-corrected chi connectivity index (χ3v) is 13.4. The smallest absolute Gasteiger partial charge is 1.00 e. The van der Waals surface area contributed by atoms with Crippen LogP contribution in [0.1, 0.15) is 33.4 Å². The molecule has 6 heteroatoms. The third kappa shape index (κ3) is 13.0. The second-order valence-corrected chi connectivity index (χ2v) is 17.5. The summed E-state index contributed by atoms with van der Waals surface area (Å²) in [6.45, 7) is 13.0. The summed E-state index contributed by atoms with van der Waals surface area (Å²) in [4.78, 5) is 0. The van der Waals surface area contributed by atoms with E-state index in [-0.39, 0.29) is 77.2 Å². The molecule has 10 aromatic rings. The molecule has 0 amide bonds. The SMILES string of the molecule is Cc1ccc(C)c2[cH-]ccc12.Cc1ccc(C)c2[cH-]ccc12.Cc1ccccc1Pc1cc2ccccc2[cH-]1.Cc1ccccc1Pc1cc2ccccc2[cH-]1.[Cl-].[Cl-].[Zr+2].[Zr+2]. The molecular formula is C54H50Cl2P2Zr2-2.